The Balaban J connectivity index is 2.53. The highest BCUT2D eigenvalue weighted by atomic mass is 16.1. The Hall–Kier alpha value is -0.410. The topological polar surface area (TPSA) is 41.1 Å². The van der Waals surface area contributed by atoms with Crippen LogP contribution in [0.15, 0.2) is 0 Å². The quantitative estimate of drug-likeness (QED) is 0.574. The predicted octanol–water partition coefficient (Wildman–Crippen LogP) is 0.326. The van der Waals surface area contributed by atoms with Crippen LogP contribution < -0.4 is 10.9 Å². The molecule has 11 heavy (non-hydrogen) atoms. The van der Waals surface area contributed by atoms with Crippen LogP contribution in [0.4, 0.5) is 0 Å². The van der Waals surface area contributed by atoms with Crippen molar-refractivity contribution in [3.63, 3.8) is 0 Å². The van der Waals surface area contributed by atoms with Crippen molar-refractivity contribution in [3.05, 3.63) is 0 Å². The molecule has 0 aromatic heterocycles. The van der Waals surface area contributed by atoms with Gasteiger partial charge in [-0.3, -0.25) is 15.6 Å². The first-order valence-electron chi connectivity index (χ1n) is 4.02. The molecule has 1 saturated heterocycles. The highest BCUT2D eigenvalue weighted by molar-refractivity contribution is 5.86. The first kappa shape index (κ1) is 8.68. The smallest absolute Gasteiger partial charge is 0.143 e. The second-order valence-corrected chi connectivity index (χ2v) is 4.07. The fraction of sp³-hybridized carbons (Fsp3) is 0.875. The number of Topliss-reactive ketones (excluding diaryl/α,β-unsaturated/α-hetero) is 1. The van der Waals surface area contributed by atoms with Gasteiger partial charge in [0.15, 0.2) is 0 Å². The van der Waals surface area contributed by atoms with Gasteiger partial charge in [0.2, 0.25) is 0 Å². The maximum atomic E-state index is 11.6. The number of carbonyl (C=O) groups is 1. The van der Waals surface area contributed by atoms with Crippen LogP contribution in [0.1, 0.15) is 20.8 Å². The van der Waals surface area contributed by atoms with Crippen molar-refractivity contribution in [1.29, 1.82) is 0 Å². The van der Waals surface area contributed by atoms with Gasteiger partial charge in [-0.15, -0.1) is 0 Å². The summed E-state index contributed by atoms with van der Waals surface area (Å²) in [6.07, 6.45) is 0. The molecule has 0 spiro atoms. The SMILES string of the molecule is CC(C)(C)C(=O)C1CNNC1. The lowest BCUT2D eigenvalue weighted by molar-refractivity contribution is -0.129. The Kier molecular flexibility index (Phi) is 2.30. The van der Waals surface area contributed by atoms with E-state index in [0.29, 0.717) is 5.78 Å². The molecule has 0 aromatic rings. The molecule has 0 amide bonds. The molecule has 0 unspecified atom stereocenters. The summed E-state index contributed by atoms with van der Waals surface area (Å²) in [5.74, 6) is 0.505. The van der Waals surface area contributed by atoms with Gasteiger partial charge in [0.05, 0.1) is 0 Å². The fourth-order valence-electron chi connectivity index (χ4n) is 1.26. The average molecular weight is 156 g/mol. The third-order valence-corrected chi connectivity index (χ3v) is 1.93. The molecule has 3 heteroatoms. The van der Waals surface area contributed by atoms with E-state index < -0.39 is 0 Å². The van der Waals surface area contributed by atoms with Gasteiger partial charge in [-0.1, -0.05) is 20.8 Å². The van der Waals surface area contributed by atoms with Gasteiger partial charge in [0.1, 0.15) is 5.78 Å². The number of nitrogens with one attached hydrogen (secondary N) is 2. The van der Waals surface area contributed by atoms with E-state index in [9.17, 15) is 4.79 Å². The summed E-state index contributed by atoms with van der Waals surface area (Å²) >= 11 is 0. The van der Waals surface area contributed by atoms with Gasteiger partial charge in [-0.25, -0.2) is 0 Å². The van der Waals surface area contributed by atoms with Gasteiger partial charge < -0.3 is 0 Å². The van der Waals surface area contributed by atoms with Gasteiger partial charge in [0.25, 0.3) is 0 Å². The van der Waals surface area contributed by atoms with Crippen LogP contribution in [0.3, 0.4) is 0 Å². The van der Waals surface area contributed by atoms with E-state index in [1.165, 1.54) is 0 Å². The molecule has 1 aliphatic rings. The van der Waals surface area contributed by atoms with Crippen LogP contribution in [0.25, 0.3) is 0 Å². The molecule has 3 nitrogen and oxygen atoms in total. The van der Waals surface area contributed by atoms with Crippen LogP contribution >= 0.6 is 0 Å². The Morgan fingerprint density at radius 1 is 1.27 bits per heavy atom. The van der Waals surface area contributed by atoms with E-state index in [1.807, 2.05) is 20.8 Å². The van der Waals surface area contributed by atoms with Crippen molar-refractivity contribution in [2.75, 3.05) is 13.1 Å². The molecule has 2 N–H and O–H groups in total. The molecule has 0 radical (unpaired) electrons. The molecule has 64 valence electrons. The Bertz CT molecular complexity index is 154. The van der Waals surface area contributed by atoms with Gasteiger partial charge >= 0.3 is 0 Å². The third-order valence-electron chi connectivity index (χ3n) is 1.93. The van der Waals surface area contributed by atoms with Gasteiger partial charge in [-0.05, 0) is 0 Å². The summed E-state index contributed by atoms with van der Waals surface area (Å²) in [5, 5.41) is 0. The number of rotatable bonds is 1. The van der Waals surface area contributed by atoms with Gasteiger partial charge in [-0.2, -0.15) is 0 Å². The summed E-state index contributed by atoms with van der Waals surface area (Å²) in [5.41, 5.74) is 5.71. The summed E-state index contributed by atoms with van der Waals surface area (Å²) < 4.78 is 0. The molecule has 0 atom stereocenters. The number of ketones is 1. The highest BCUT2D eigenvalue weighted by Crippen LogP contribution is 2.20. The monoisotopic (exact) mass is 156 g/mol. The third kappa shape index (κ3) is 2.01. The lowest BCUT2D eigenvalue weighted by Gasteiger charge is -2.19. The molecule has 1 heterocycles. The van der Waals surface area contributed by atoms with Crippen molar-refractivity contribution in [2.24, 2.45) is 11.3 Å². The number of carbonyl (C=O) groups excluding carboxylic acids is 1. The predicted molar refractivity (Wildman–Crippen MR) is 44.0 cm³/mol. The van der Waals surface area contributed by atoms with Crippen LogP contribution in [0.2, 0.25) is 0 Å². The summed E-state index contributed by atoms with van der Waals surface area (Å²) in [7, 11) is 0. The van der Waals surface area contributed by atoms with Crippen LogP contribution in [0, 0.1) is 11.3 Å². The lowest BCUT2D eigenvalue weighted by atomic mass is 9.83. The maximum absolute atomic E-state index is 11.6. The summed E-state index contributed by atoms with van der Waals surface area (Å²) in [6.45, 7) is 7.45. The molecule has 0 bridgehead atoms. The van der Waals surface area contributed by atoms with E-state index in [1.54, 1.807) is 0 Å². The second kappa shape index (κ2) is 2.91. The Morgan fingerprint density at radius 2 is 1.73 bits per heavy atom. The van der Waals surface area contributed by atoms with E-state index in [4.69, 9.17) is 0 Å². The van der Waals surface area contributed by atoms with Crippen molar-refractivity contribution in [2.45, 2.75) is 20.8 Å². The minimum absolute atomic E-state index is 0.162. The molecule has 0 aliphatic carbocycles. The van der Waals surface area contributed by atoms with Crippen molar-refractivity contribution in [3.8, 4) is 0 Å². The van der Waals surface area contributed by atoms with E-state index >= 15 is 0 Å². The molecule has 1 aliphatic heterocycles. The van der Waals surface area contributed by atoms with Gasteiger partial charge in [0, 0.05) is 24.4 Å². The highest BCUT2D eigenvalue weighted by Gasteiger charge is 2.31. The average Bonchev–Trinajstić information content (AvgIpc) is 2.34. The summed E-state index contributed by atoms with van der Waals surface area (Å²) in [6, 6.07) is 0. The zero-order valence-electron chi connectivity index (χ0n) is 7.40. The van der Waals surface area contributed by atoms with Crippen molar-refractivity contribution >= 4 is 5.78 Å². The second-order valence-electron chi connectivity index (χ2n) is 4.07. The van der Waals surface area contributed by atoms with Crippen LogP contribution in [-0.2, 0) is 4.79 Å². The molecule has 0 aromatic carbocycles. The molecule has 1 rings (SSSR count). The van der Waals surface area contributed by atoms with E-state index in [0.717, 1.165) is 13.1 Å². The number of hydrazine groups is 1. The first-order valence-corrected chi connectivity index (χ1v) is 4.02. The minimum atomic E-state index is -0.196. The van der Waals surface area contributed by atoms with E-state index in [2.05, 4.69) is 10.9 Å². The fourth-order valence-corrected chi connectivity index (χ4v) is 1.26. The zero-order valence-corrected chi connectivity index (χ0v) is 7.40. The maximum Gasteiger partial charge on any atom is 0.143 e. The molecule has 1 fully saturated rings. The number of hydrogen-bond donors (Lipinski definition) is 2. The standard InChI is InChI=1S/C8H16N2O/c1-8(2,3)7(11)6-4-9-10-5-6/h6,9-10H,4-5H2,1-3H3. The number of hydrogen-bond acceptors (Lipinski definition) is 3. The van der Waals surface area contributed by atoms with Crippen LogP contribution in [0.5, 0.6) is 0 Å². The lowest BCUT2D eigenvalue weighted by Crippen LogP contribution is -2.31. The normalized spacial score (nSPS) is 20.6. The summed E-state index contributed by atoms with van der Waals surface area (Å²) in [4.78, 5) is 11.6. The minimum Gasteiger partial charge on any atom is -0.299 e. The Morgan fingerprint density at radius 3 is 2.09 bits per heavy atom. The molecular formula is C8H16N2O. The Labute approximate surface area is 67.5 Å². The van der Waals surface area contributed by atoms with Crippen molar-refractivity contribution in [1.82, 2.24) is 10.9 Å². The molecular weight excluding hydrogens is 140 g/mol. The largest absolute Gasteiger partial charge is 0.299 e. The van der Waals surface area contributed by atoms with Crippen LogP contribution in [-0.4, -0.2) is 18.9 Å². The molecule has 0 saturated carbocycles. The van der Waals surface area contributed by atoms with Crippen molar-refractivity contribution < 1.29 is 4.79 Å². The zero-order chi connectivity index (χ0) is 8.48. The first-order chi connectivity index (χ1) is 5.02. The van der Waals surface area contributed by atoms with E-state index in [-0.39, 0.29) is 11.3 Å².